The molecule has 1 fully saturated rings. The summed E-state index contributed by atoms with van der Waals surface area (Å²) in [6.07, 6.45) is 3.90. The van der Waals surface area contributed by atoms with Crippen molar-refractivity contribution in [1.29, 1.82) is 0 Å². The van der Waals surface area contributed by atoms with Crippen LogP contribution in [0.1, 0.15) is 25.3 Å². The van der Waals surface area contributed by atoms with E-state index in [9.17, 15) is 0 Å². The Morgan fingerprint density at radius 2 is 2.38 bits per heavy atom. The summed E-state index contributed by atoms with van der Waals surface area (Å²) in [5, 5.41) is 3.43. The second-order valence-electron chi connectivity index (χ2n) is 4.77. The van der Waals surface area contributed by atoms with E-state index in [2.05, 4.69) is 17.2 Å². The number of aryl methyl sites for hydroxylation is 1. The van der Waals surface area contributed by atoms with E-state index < -0.39 is 0 Å². The molecule has 4 heteroatoms. The number of hydrogen-bond acceptors (Lipinski definition) is 4. The van der Waals surface area contributed by atoms with E-state index >= 15 is 0 Å². The van der Waals surface area contributed by atoms with Crippen molar-refractivity contribution in [1.82, 2.24) is 4.98 Å². The van der Waals surface area contributed by atoms with Crippen LogP contribution < -0.4 is 11.1 Å². The Balaban J connectivity index is 2.10. The van der Waals surface area contributed by atoms with Gasteiger partial charge in [0.05, 0.1) is 24.0 Å². The van der Waals surface area contributed by atoms with Crippen molar-refractivity contribution >= 4 is 11.5 Å². The molecule has 16 heavy (non-hydrogen) atoms. The van der Waals surface area contributed by atoms with Gasteiger partial charge in [0.25, 0.3) is 0 Å². The second kappa shape index (κ2) is 4.29. The number of pyridine rings is 1. The molecule has 0 radical (unpaired) electrons. The van der Waals surface area contributed by atoms with Crippen LogP contribution in [0, 0.1) is 6.92 Å². The maximum atomic E-state index is 5.74. The number of nitrogens with one attached hydrogen (secondary N) is 1. The van der Waals surface area contributed by atoms with Crippen molar-refractivity contribution in [2.24, 2.45) is 0 Å². The molecule has 0 bridgehead atoms. The lowest BCUT2D eigenvalue weighted by Gasteiger charge is -2.34. The fourth-order valence-corrected chi connectivity index (χ4v) is 1.98. The number of anilines is 2. The maximum absolute atomic E-state index is 5.74. The molecule has 1 aromatic rings. The predicted octanol–water partition coefficient (Wildman–Crippen LogP) is 1.95. The highest BCUT2D eigenvalue weighted by atomic mass is 16.5. The average molecular weight is 221 g/mol. The Hall–Kier alpha value is -1.29. The third kappa shape index (κ3) is 2.44. The minimum absolute atomic E-state index is 0.00615. The SMILES string of the molecule is Cc1cc(NC2(C)CCCOC2)ncc1N. The number of rotatable bonds is 2. The summed E-state index contributed by atoms with van der Waals surface area (Å²) in [5.74, 6) is 0.875. The first-order valence-electron chi connectivity index (χ1n) is 5.67. The van der Waals surface area contributed by atoms with E-state index in [0.29, 0.717) is 0 Å². The summed E-state index contributed by atoms with van der Waals surface area (Å²) in [6.45, 7) is 5.75. The molecule has 0 aromatic carbocycles. The molecular formula is C12H19N3O. The number of nitrogen functional groups attached to an aromatic ring is 1. The highest BCUT2D eigenvalue weighted by Crippen LogP contribution is 2.24. The minimum atomic E-state index is -0.00615. The molecule has 0 amide bonds. The lowest BCUT2D eigenvalue weighted by atomic mass is 9.95. The zero-order valence-corrected chi connectivity index (χ0v) is 9.92. The Kier molecular flexibility index (Phi) is 3.01. The molecular weight excluding hydrogens is 202 g/mol. The van der Waals surface area contributed by atoms with Crippen molar-refractivity contribution in [3.05, 3.63) is 17.8 Å². The number of nitrogens with two attached hydrogens (primary N) is 1. The first-order chi connectivity index (χ1) is 7.59. The number of aromatic nitrogens is 1. The van der Waals surface area contributed by atoms with Gasteiger partial charge in [-0.3, -0.25) is 0 Å². The Bertz CT molecular complexity index is 373. The highest BCUT2D eigenvalue weighted by molar-refractivity contribution is 5.51. The van der Waals surface area contributed by atoms with E-state index in [1.54, 1.807) is 6.20 Å². The van der Waals surface area contributed by atoms with E-state index in [1.165, 1.54) is 0 Å². The van der Waals surface area contributed by atoms with Crippen molar-refractivity contribution < 1.29 is 4.74 Å². The Morgan fingerprint density at radius 1 is 1.56 bits per heavy atom. The zero-order chi connectivity index (χ0) is 11.6. The van der Waals surface area contributed by atoms with Crippen LogP contribution in [0.4, 0.5) is 11.5 Å². The molecule has 0 saturated carbocycles. The third-order valence-electron chi connectivity index (χ3n) is 3.02. The molecule has 2 heterocycles. The fourth-order valence-electron chi connectivity index (χ4n) is 1.98. The van der Waals surface area contributed by atoms with Crippen molar-refractivity contribution in [3.63, 3.8) is 0 Å². The Morgan fingerprint density at radius 3 is 3.00 bits per heavy atom. The van der Waals surface area contributed by atoms with Gasteiger partial charge in [-0.05, 0) is 38.3 Å². The maximum Gasteiger partial charge on any atom is 0.126 e. The van der Waals surface area contributed by atoms with Crippen molar-refractivity contribution in [3.8, 4) is 0 Å². The number of nitrogens with zero attached hydrogens (tertiary/aromatic N) is 1. The van der Waals surface area contributed by atoms with Gasteiger partial charge in [-0.1, -0.05) is 0 Å². The summed E-state index contributed by atoms with van der Waals surface area (Å²) >= 11 is 0. The average Bonchev–Trinajstić information content (AvgIpc) is 2.24. The normalized spacial score (nSPS) is 25.4. The molecule has 1 atom stereocenters. The molecule has 88 valence electrons. The fraction of sp³-hybridized carbons (Fsp3) is 0.583. The quantitative estimate of drug-likeness (QED) is 0.801. The van der Waals surface area contributed by atoms with Gasteiger partial charge in [0.15, 0.2) is 0 Å². The third-order valence-corrected chi connectivity index (χ3v) is 3.02. The lowest BCUT2D eigenvalue weighted by Crippen LogP contribution is -2.43. The predicted molar refractivity (Wildman–Crippen MR) is 65.5 cm³/mol. The smallest absolute Gasteiger partial charge is 0.126 e. The van der Waals surface area contributed by atoms with Gasteiger partial charge in [0.2, 0.25) is 0 Å². The monoisotopic (exact) mass is 221 g/mol. The number of ether oxygens (including phenoxy) is 1. The van der Waals surface area contributed by atoms with Crippen molar-refractivity contribution in [2.45, 2.75) is 32.2 Å². The van der Waals surface area contributed by atoms with Crippen LogP contribution in [0.3, 0.4) is 0 Å². The molecule has 3 N–H and O–H groups in total. The van der Waals surface area contributed by atoms with Crippen LogP contribution in [0.15, 0.2) is 12.3 Å². The molecule has 1 unspecified atom stereocenters. The number of hydrogen-bond donors (Lipinski definition) is 2. The van der Waals surface area contributed by atoms with Crippen LogP contribution in [-0.4, -0.2) is 23.7 Å². The van der Waals surface area contributed by atoms with E-state index in [0.717, 1.165) is 43.1 Å². The van der Waals surface area contributed by atoms with Crippen molar-refractivity contribution in [2.75, 3.05) is 24.3 Å². The lowest BCUT2D eigenvalue weighted by molar-refractivity contribution is 0.0539. The van der Waals surface area contributed by atoms with Gasteiger partial charge in [0.1, 0.15) is 5.82 Å². The highest BCUT2D eigenvalue weighted by Gasteiger charge is 2.27. The minimum Gasteiger partial charge on any atom is -0.397 e. The summed E-state index contributed by atoms with van der Waals surface area (Å²) in [4.78, 5) is 4.29. The Labute approximate surface area is 96.2 Å². The first-order valence-corrected chi connectivity index (χ1v) is 5.67. The van der Waals surface area contributed by atoms with Gasteiger partial charge < -0.3 is 15.8 Å². The molecule has 1 aromatic heterocycles. The van der Waals surface area contributed by atoms with E-state index in [1.807, 2.05) is 13.0 Å². The summed E-state index contributed by atoms with van der Waals surface area (Å²) in [5.41, 5.74) is 7.52. The molecule has 0 aliphatic carbocycles. The van der Waals surface area contributed by atoms with Crippen LogP contribution in [0.25, 0.3) is 0 Å². The van der Waals surface area contributed by atoms with Gasteiger partial charge in [0, 0.05) is 6.61 Å². The molecule has 1 aliphatic heterocycles. The summed E-state index contributed by atoms with van der Waals surface area (Å²) in [6, 6.07) is 1.98. The van der Waals surface area contributed by atoms with Crippen LogP contribution in [-0.2, 0) is 4.74 Å². The topological polar surface area (TPSA) is 60.2 Å². The summed E-state index contributed by atoms with van der Waals surface area (Å²) in [7, 11) is 0. The molecule has 0 spiro atoms. The van der Waals surface area contributed by atoms with E-state index in [-0.39, 0.29) is 5.54 Å². The van der Waals surface area contributed by atoms with Crippen LogP contribution >= 0.6 is 0 Å². The van der Waals surface area contributed by atoms with Gasteiger partial charge in [-0.25, -0.2) is 4.98 Å². The molecule has 4 nitrogen and oxygen atoms in total. The molecule has 1 aliphatic rings. The van der Waals surface area contributed by atoms with Gasteiger partial charge in [-0.2, -0.15) is 0 Å². The summed E-state index contributed by atoms with van der Waals surface area (Å²) < 4.78 is 5.50. The zero-order valence-electron chi connectivity index (χ0n) is 9.92. The van der Waals surface area contributed by atoms with Gasteiger partial charge in [-0.15, -0.1) is 0 Å². The van der Waals surface area contributed by atoms with Crippen LogP contribution in [0.2, 0.25) is 0 Å². The molecule has 2 rings (SSSR count). The second-order valence-corrected chi connectivity index (χ2v) is 4.77. The first kappa shape index (κ1) is 11.2. The van der Waals surface area contributed by atoms with E-state index in [4.69, 9.17) is 10.5 Å². The van der Waals surface area contributed by atoms with Gasteiger partial charge >= 0.3 is 0 Å². The largest absolute Gasteiger partial charge is 0.397 e. The standard InChI is InChI=1S/C12H19N3O/c1-9-6-11(14-7-10(9)13)15-12(2)4-3-5-16-8-12/h6-7H,3-5,8,13H2,1-2H3,(H,14,15). The van der Waals surface area contributed by atoms with Crippen LogP contribution in [0.5, 0.6) is 0 Å². The molecule has 1 saturated heterocycles.